The zero-order chi connectivity index (χ0) is 12.1. The van der Waals surface area contributed by atoms with E-state index < -0.39 is 0 Å². The fourth-order valence-electron chi connectivity index (χ4n) is 1.54. The molecule has 0 atom stereocenters. The predicted molar refractivity (Wildman–Crippen MR) is 71.7 cm³/mol. The molecule has 0 bridgehead atoms. The van der Waals surface area contributed by atoms with Crippen LogP contribution in [0.1, 0.15) is 19.2 Å². The van der Waals surface area contributed by atoms with Gasteiger partial charge in [-0.3, -0.25) is 0 Å². The molecule has 0 aromatic carbocycles. The molecule has 2 heterocycles. The van der Waals surface area contributed by atoms with Gasteiger partial charge in [0.15, 0.2) is 11.7 Å². The van der Waals surface area contributed by atoms with Gasteiger partial charge >= 0.3 is 0 Å². The van der Waals surface area contributed by atoms with Gasteiger partial charge in [0.1, 0.15) is 0 Å². The van der Waals surface area contributed by atoms with E-state index in [0.717, 1.165) is 47.5 Å². The third kappa shape index (κ3) is 3.31. The number of hydrogen-bond acceptors (Lipinski definition) is 4. The summed E-state index contributed by atoms with van der Waals surface area (Å²) in [5, 5.41) is 5.95. The molecule has 0 aliphatic carbocycles. The van der Waals surface area contributed by atoms with Gasteiger partial charge in [0.25, 0.3) is 0 Å². The van der Waals surface area contributed by atoms with Crippen LogP contribution in [0, 0.1) is 0 Å². The van der Waals surface area contributed by atoms with Gasteiger partial charge in [0.2, 0.25) is 0 Å². The molecule has 0 spiro atoms. The van der Waals surface area contributed by atoms with E-state index in [2.05, 4.69) is 17.2 Å². The minimum Gasteiger partial charge on any atom is -0.440 e. The highest BCUT2D eigenvalue weighted by molar-refractivity contribution is 7.14. The SMILES string of the molecule is CCNCCCc1ncc(-c2sccc2Cl)o1. The highest BCUT2D eigenvalue weighted by Crippen LogP contribution is 2.33. The highest BCUT2D eigenvalue weighted by atomic mass is 35.5. The lowest BCUT2D eigenvalue weighted by Crippen LogP contribution is -2.14. The zero-order valence-electron chi connectivity index (χ0n) is 9.70. The predicted octanol–water partition coefficient (Wildman–Crippen LogP) is 3.60. The second-order valence-electron chi connectivity index (χ2n) is 3.67. The summed E-state index contributed by atoms with van der Waals surface area (Å²) in [7, 11) is 0. The monoisotopic (exact) mass is 270 g/mol. The Labute approximate surface area is 110 Å². The fourth-order valence-corrected chi connectivity index (χ4v) is 2.64. The van der Waals surface area contributed by atoms with Crippen molar-refractivity contribution < 1.29 is 4.42 Å². The quantitative estimate of drug-likeness (QED) is 0.815. The molecule has 5 heteroatoms. The third-order valence-electron chi connectivity index (χ3n) is 2.39. The van der Waals surface area contributed by atoms with Gasteiger partial charge in [-0.25, -0.2) is 4.98 Å². The molecule has 0 radical (unpaired) electrons. The molecule has 0 fully saturated rings. The topological polar surface area (TPSA) is 38.1 Å². The van der Waals surface area contributed by atoms with Crippen LogP contribution in [0.25, 0.3) is 10.6 Å². The fraction of sp³-hybridized carbons (Fsp3) is 0.417. The molecular weight excluding hydrogens is 256 g/mol. The Morgan fingerprint density at radius 1 is 1.53 bits per heavy atom. The summed E-state index contributed by atoms with van der Waals surface area (Å²) < 4.78 is 5.68. The first kappa shape index (κ1) is 12.6. The van der Waals surface area contributed by atoms with Gasteiger partial charge < -0.3 is 9.73 Å². The summed E-state index contributed by atoms with van der Waals surface area (Å²) >= 11 is 7.61. The standard InChI is InChI=1S/C12H15ClN2OS/c1-2-14-6-3-4-11-15-8-10(16-11)12-9(13)5-7-17-12/h5,7-8,14H,2-4,6H2,1H3. The Kier molecular flexibility index (Phi) is 4.59. The molecule has 3 nitrogen and oxygen atoms in total. The summed E-state index contributed by atoms with van der Waals surface area (Å²) in [4.78, 5) is 5.22. The van der Waals surface area contributed by atoms with E-state index in [1.807, 2.05) is 11.4 Å². The lowest BCUT2D eigenvalue weighted by Gasteiger charge is -1.98. The molecule has 0 saturated carbocycles. The molecule has 2 aromatic heterocycles. The van der Waals surface area contributed by atoms with Crippen LogP contribution >= 0.6 is 22.9 Å². The Balaban J connectivity index is 1.95. The van der Waals surface area contributed by atoms with Crippen molar-refractivity contribution in [2.75, 3.05) is 13.1 Å². The molecule has 2 aromatic rings. The van der Waals surface area contributed by atoms with E-state index >= 15 is 0 Å². The molecule has 0 aliphatic heterocycles. The van der Waals surface area contributed by atoms with Gasteiger partial charge in [0, 0.05) is 6.42 Å². The number of oxazole rings is 1. The number of hydrogen-bond donors (Lipinski definition) is 1. The van der Waals surface area contributed by atoms with Crippen LogP contribution in [-0.4, -0.2) is 18.1 Å². The summed E-state index contributed by atoms with van der Waals surface area (Å²) in [5.74, 6) is 1.55. The summed E-state index contributed by atoms with van der Waals surface area (Å²) in [6.07, 6.45) is 3.64. The van der Waals surface area contributed by atoms with Crippen molar-refractivity contribution in [3.8, 4) is 10.6 Å². The third-order valence-corrected chi connectivity index (χ3v) is 3.74. The number of nitrogens with zero attached hydrogens (tertiary/aromatic N) is 1. The van der Waals surface area contributed by atoms with E-state index in [0.29, 0.717) is 0 Å². The first-order valence-corrected chi connectivity index (χ1v) is 6.95. The van der Waals surface area contributed by atoms with Crippen molar-refractivity contribution in [1.82, 2.24) is 10.3 Å². The number of halogens is 1. The smallest absolute Gasteiger partial charge is 0.194 e. The second-order valence-corrected chi connectivity index (χ2v) is 5.00. The molecule has 0 amide bonds. The van der Waals surface area contributed by atoms with Crippen LogP contribution in [0.15, 0.2) is 22.1 Å². The van der Waals surface area contributed by atoms with Crippen LogP contribution in [-0.2, 0) is 6.42 Å². The maximum atomic E-state index is 6.04. The van der Waals surface area contributed by atoms with Gasteiger partial charge in [0.05, 0.1) is 16.1 Å². The molecule has 92 valence electrons. The summed E-state index contributed by atoms with van der Waals surface area (Å²) in [5.41, 5.74) is 0. The van der Waals surface area contributed by atoms with Crippen LogP contribution < -0.4 is 5.32 Å². The van der Waals surface area contributed by atoms with Gasteiger partial charge in [-0.2, -0.15) is 0 Å². The van der Waals surface area contributed by atoms with E-state index in [-0.39, 0.29) is 0 Å². The zero-order valence-corrected chi connectivity index (χ0v) is 11.3. The van der Waals surface area contributed by atoms with E-state index in [9.17, 15) is 0 Å². The molecule has 17 heavy (non-hydrogen) atoms. The minimum absolute atomic E-state index is 0.727. The molecular formula is C12H15ClN2OS. The largest absolute Gasteiger partial charge is 0.440 e. The average molecular weight is 271 g/mol. The number of aromatic nitrogens is 1. The van der Waals surface area contributed by atoms with Gasteiger partial charge in [-0.15, -0.1) is 11.3 Å². The van der Waals surface area contributed by atoms with Crippen molar-refractivity contribution in [3.05, 3.63) is 28.6 Å². The molecule has 0 saturated heterocycles. The second kappa shape index (κ2) is 6.19. The average Bonchev–Trinajstić information content (AvgIpc) is 2.93. The number of thiophene rings is 1. The first-order valence-electron chi connectivity index (χ1n) is 5.70. The normalized spacial score (nSPS) is 10.9. The van der Waals surface area contributed by atoms with Crippen molar-refractivity contribution in [1.29, 1.82) is 0 Å². The molecule has 0 unspecified atom stereocenters. The van der Waals surface area contributed by atoms with Crippen LogP contribution in [0.3, 0.4) is 0 Å². The van der Waals surface area contributed by atoms with Crippen molar-refractivity contribution in [3.63, 3.8) is 0 Å². The Morgan fingerprint density at radius 3 is 3.12 bits per heavy atom. The Bertz CT molecular complexity index is 467. The van der Waals surface area contributed by atoms with Crippen molar-refractivity contribution >= 4 is 22.9 Å². The molecule has 0 aliphatic rings. The van der Waals surface area contributed by atoms with Crippen LogP contribution in [0.2, 0.25) is 5.02 Å². The number of aryl methyl sites for hydroxylation is 1. The van der Waals surface area contributed by atoms with E-state index in [1.54, 1.807) is 17.5 Å². The van der Waals surface area contributed by atoms with Crippen molar-refractivity contribution in [2.45, 2.75) is 19.8 Å². The first-order chi connectivity index (χ1) is 8.31. The van der Waals surface area contributed by atoms with Gasteiger partial charge in [-0.05, 0) is 31.0 Å². The van der Waals surface area contributed by atoms with Crippen LogP contribution in [0.5, 0.6) is 0 Å². The van der Waals surface area contributed by atoms with Crippen molar-refractivity contribution in [2.24, 2.45) is 0 Å². The summed E-state index contributed by atoms with van der Waals surface area (Å²) in [6.45, 7) is 4.09. The Hall–Kier alpha value is -0.840. The maximum absolute atomic E-state index is 6.04. The lowest BCUT2D eigenvalue weighted by atomic mass is 10.3. The van der Waals surface area contributed by atoms with Crippen LogP contribution in [0.4, 0.5) is 0 Å². The summed E-state index contributed by atoms with van der Waals surface area (Å²) in [6, 6.07) is 1.87. The highest BCUT2D eigenvalue weighted by Gasteiger charge is 2.10. The number of rotatable bonds is 6. The van der Waals surface area contributed by atoms with E-state index in [4.69, 9.17) is 16.0 Å². The molecule has 2 rings (SSSR count). The Morgan fingerprint density at radius 2 is 2.41 bits per heavy atom. The van der Waals surface area contributed by atoms with Gasteiger partial charge in [-0.1, -0.05) is 18.5 Å². The molecule has 1 N–H and O–H groups in total. The number of nitrogens with one attached hydrogen (secondary N) is 1. The van der Waals surface area contributed by atoms with E-state index in [1.165, 1.54) is 0 Å². The lowest BCUT2D eigenvalue weighted by molar-refractivity contribution is 0.494. The maximum Gasteiger partial charge on any atom is 0.194 e. The minimum atomic E-state index is 0.727.